The summed E-state index contributed by atoms with van der Waals surface area (Å²) in [5, 5.41) is 3.08. The molecule has 3 N–H and O–H groups in total. The molecule has 2 heterocycles. The molecule has 1 amide bonds. The first-order valence-corrected chi connectivity index (χ1v) is 9.45. The minimum Gasteiger partial charge on any atom is -0.404 e. The second-order valence-electron chi connectivity index (χ2n) is 6.59. The van der Waals surface area contributed by atoms with Gasteiger partial charge in [-0.3, -0.25) is 9.79 Å². The van der Waals surface area contributed by atoms with Crippen LogP contribution in [0.2, 0.25) is 0 Å². The van der Waals surface area contributed by atoms with Crippen LogP contribution in [0.15, 0.2) is 53.3 Å². The molecule has 1 aliphatic heterocycles. The van der Waals surface area contributed by atoms with E-state index >= 15 is 0 Å². The second-order valence-corrected chi connectivity index (χ2v) is 6.59. The smallest absolute Gasteiger partial charge is 0.261 e. The Morgan fingerprint density at radius 2 is 2.10 bits per heavy atom. The zero-order valence-corrected chi connectivity index (χ0v) is 16.2. The molecule has 1 saturated heterocycles. The van der Waals surface area contributed by atoms with E-state index in [-0.39, 0.29) is 30.2 Å². The van der Waals surface area contributed by atoms with Crippen LogP contribution in [-0.2, 0) is 11.3 Å². The van der Waals surface area contributed by atoms with E-state index < -0.39 is 11.7 Å². The van der Waals surface area contributed by atoms with Gasteiger partial charge in [0, 0.05) is 37.3 Å². The Kier molecular flexibility index (Phi) is 6.54. The van der Waals surface area contributed by atoms with E-state index in [4.69, 9.17) is 5.73 Å². The zero-order chi connectivity index (χ0) is 20.8. The number of aliphatic imine (C=N–C) groups is 1. The summed E-state index contributed by atoms with van der Waals surface area (Å²) >= 11 is 0. The lowest BCUT2D eigenvalue weighted by Gasteiger charge is -2.29. The molecule has 3 rings (SSSR count). The Morgan fingerprint density at radius 1 is 1.31 bits per heavy atom. The standard InChI is InChI=1S/C21H23F2N5O/c1-2-8-25-20-10-19(17(23)13-27-20)28-9-7-18(15(11-24)21(28)29)26-12-14-5-3-4-6-16(14)22/h3-6,10-11,13H,2,7-9,12,24H2,1H3,(H,25,27)/b15-11+,26-18?. The first kappa shape index (κ1) is 20.4. The van der Waals surface area contributed by atoms with Crippen molar-refractivity contribution >= 4 is 23.1 Å². The van der Waals surface area contributed by atoms with Gasteiger partial charge >= 0.3 is 0 Å². The van der Waals surface area contributed by atoms with Gasteiger partial charge in [-0.2, -0.15) is 0 Å². The monoisotopic (exact) mass is 399 g/mol. The molecule has 0 spiro atoms. The Bertz CT molecular complexity index is 958. The van der Waals surface area contributed by atoms with Gasteiger partial charge in [0.05, 0.1) is 29.7 Å². The van der Waals surface area contributed by atoms with Gasteiger partial charge in [-0.25, -0.2) is 13.8 Å². The van der Waals surface area contributed by atoms with Crippen molar-refractivity contribution in [1.29, 1.82) is 0 Å². The van der Waals surface area contributed by atoms with Crippen molar-refractivity contribution < 1.29 is 13.6 Å². The number of rotatable bonds is 6. The first-order valence-electron chi connectivity index (χ1n) is 9.45. The molecular weight excluding hydrogens is 376 g/mol. The molecule has 0 atom stereocenters. The largest absolute Gasteiger partial charge is 0.404 e. The lowest BCUT2D eigenvalue weighted by atomic mass is 10.0. The molecule has 0 bridgehead atoms. The highest BCUT2D eigenvalue weighted by atomic mass is 19.1. The van der Waals surface area contributed by atoms with Crippen LogP contribution < -0.4 is 16.0 Å². The molecule has 1 aliphatic rings. The van der Waals surface area contributed by atoms with Crippen LogP contribution in [0, 0.1) is 11.6 Å². The second kappa shape index (κ2) is 9.27. The summed E-state index contributed by atoms with van der Waals surface area (Å²) in [4.78, 5) is 22.7. The van der Waals surface area contributed by atoms with Crippen LogP contribution >= 0.6 is 0 Å². The summed E-state index contributed by atoms with van der Waals surface area (Å²) in [6, 6.07) is 7.84. The van der Waals surface area contributed by atoms with Crippen molar-refractivity contribution in [3.05, 3.63) is 65.5 Å². The molecule has 1 aromatic heterocycles. The van der Waals surface area contributed by atoms with E-state index in [9.17, 15) is 13.6 Å². The van der Waals surface area contributed by atoms with Crippen molar-refractivity contribution in [3.63, 3.8) is 0 Å². The number of anilines is 2. The summed E-state index contributed by atoms with van der Waals surface area (Å²) < 4.78 is 28.2. The van der Waals surface area contributed by atoms with Crippen molar-refractivity contribution in [2.24, 2.45) is 10.7 Å². The quantitative estimate of drug-likeness (QED) is 0.730. The molecule has 1 fully saturated rings. The maximum atomic E-state index is 14.4. The lowest BCUT2D eigenvalue weighted by molar-refractivity contribution is -0.114. The summed E-state index contributed by atoms with van der Waals surface area (Å²) in [6.45, 7) is 3.03. The Morgan fingerprint density at radius 3 is 2.83 bits per heavy atom. The molecule has 8 heteroatoms. The molecule has 0 aliphatic carbocycles. The van der Waals surface area contributed by atoms with Crippen LogP contribution in [0.4, 0.5) is 20.3 Å². The zero-order valence-electron chi connectivity index (χ0n) is 16.2. The van der Waals surface area contributed by atoms with Crippen LogP contribution in [-0.4, -0.2) is 29.7 Å². The fourth-order valence-electron chi connectivity index (χ4n) is 3.08. The number of nitrogens with two attached hydrogens (primary N) is 1. The molecule has 2 aromatic rings. The molecule has 6 nitrogen and oxygen atoms in total. The summed E-state index contributed by atoms with van der Waals surface area (Å²) in [5.74, 6) is -0.903. The van der Waals surface area contributed by atoms with E-state index in [0.717, 1.165) is 12.6 Å². The van der Waals surface area contributed by atoms with Gasteiger partial charge in [-0.15, -0.1) is 0 Å². The number of benzene rings is 1. The average molecular weight is 399 g/mol. The predicted molar refractivity (Wildman–Crippen MR) is 110 cm³/mol. The Labute approximate surface area is 168 Å². The van der Waals surface area contributed by atoms with Crippen molar-refractivity contribution in [2.45, 2.75) is 26.3 Å². The first-order chi connectivity index (χ1) is 14.0. The number of hydrogen-bond acceptors (Lipinski definition) is 5. The third-order valence-corrected chi connectivity index (χ3v) is 4.61. The van der Waals surface area contributed by atoms with Gasteiger partial charge in [-0.1, -0.05) is 25.1 Å². The number of aromatic nitrogens is 1. The van der Waals surface area contributed by atoms with Gasteiger partial charge in [0.2, 0.25) is 0 Å². The van der Waals surface area contributed by atoms with Gasteiger partial charge in [0.15, 0.2) is 5.82 Å². The number of nitrogens with one attached hydrogen (secondary N) is 1. The van der Waals surface area contributed by atoms with Gasteiger partial charge in [0.25, 0.3) is 5.91 Å². The number of carbonyl (C=O) groups is 1. The van der Waals surface area contributed by atoms with E-state index in [1.807, 2.05) is 6.92 Å². The summed E-state index contributed by atoms with van der Waals surface area (Å²) in [6.07, 6.45) is 3.53. The van der Waals surface area contributed by atoms with E-state index in [2.05, 4.69) is 15.3 Å². The van der Waals surface area contributed by atoms with Gasteiger partial charge in [0.1, 0.15) is 11.6 Å². The van der Waals surface area contributed by atoms with Crippen molar-refractivity contribution in [2.75, 3.05) is 23.3 Å². The average Bonchev–Trinajstić information content (AvgIpc) is 2.73. The maximum absolute atomic E-state index is 14.4. The molecule has 0 unspecified atom stereocenters. The molecule has 0 saturated carbocycles. The number of piperidine rings is 1. The third-order valence-electron chi connectivity index (χ3n) is 4.61. The Hall–Kier alpha value is -3.29. The van der Waals surface area contributed by atoms with Crippen LogP contribution in [0.5, 0.6) is 0 Å². The van der Waals surface area contributed by atoms with Crippen LogP contribution in [0.3, 0.4) is 0 Å². The number of nitrogens with zero attached hydrogens (tertiary/aromatic N) is 3. The van der Waals surface area contributed by atoms with E-state index in [1.165, 1.54) is 23.2 Å². The number of halogens is 2. The van der Waals surface area contributed by atoms with Crippen LogP contribution in [0.1, 0.15) is 25.3 Å². The highest BCUT2D eigenvalue weighted by molar-refractivity contribution is 6.28. The molecule has 1 aromatic carbocycles. The number of carbonyl (C=O) groups excluding carboxylic acids is 1. The predicted octanol–water partition coefficient (Wildman–Crippen LogP) is 3.40. The summed E-state index contributed by atoms with van der Waals surface area (Å²) in [7, 11) is 0. The maximum Gasteiger partial charge on any atom is 0.261 e. The minimum absolute atomic E-state index is 0.0985. The normalized spacial score (nSPS) is 17.2. The van der Waals surface area contributed by atoms with Gasteiger partial charge in [-0.05, 0) is 12.5 Å². The van der Waals surface area contributed by atoms with Crippen molar-refractivity contribution in [1.82, 2.24) is 4.98 Å². The fraction of sp³-hybridized carbons (Fsp3) is 0.286. The van der Waals surface area contributed by atoms with E-state index in [1.54, 1.807) is 18.2 Å². The third kappa shape index (κ3) is 4.59. The lowest BCUT2D eigenvalue weighted by Crippen LogP contribution is -2.42. The fourth-order valence-corrected chi connectivity index (χ4v) is 3.08. The van der Waals surface area contributed by atoms with E-state index in [0.29, 0.717) is 30.1 Å². The SMILES string of the molecule is CCCNc1cc(N2CCC(=NCc3ccccc3F)/C(=C\N)C2=O)c(F)cn1. The number of amides is 1. The Balaban J connectivity index is 1.82. The minimum atomic E-state index is -0.594. The highest BCUT2D eigenvalue weighted by Crippen LogP contribution is 2.27. The highest BCUT2D eigenvalue weighted by Gasteiger charge is 2.30. The van der Waals surface area contributed by atoms with Gasteiger partial charge < -0.3 is 16.0 Å². The summed E-state index contributed by atoms with van der Waals surface area (Å²) in [5.41, 5.74) is 6.91. The topological polar surface area (TPSA) is 83.6 Å². The number of pyridine rings is 1. The molecule has 152 valence electrons. The molecule has 0 radical (unpaired) electrons. The number of hydrogen-bond donors (Lipinski definition) is 2. The molecule has 29 heavy (non-hydrogen) atoms. The van der Waals surface area contributed by atoms with Crippen LogP contribution in [0.25, 0.3) is 0 Å². The molecular formula is C21H23F2N5O. The van der Waals surface area contributed by atoms with Crippen molar-refractivity contribution in [3.8, 4) is 0 Å².